The Labute approximate surface area is 135 Å². The zero-order valence-corrected chi connectivity index (χ0v) is 13.9. The monoisotopic (exact) mass is 318 g/mol. The van der Waals surface area contributed by atoms with Crippen LogP contribution in [-0.2, 0) is 5.41 Å². The van der Waals surface area contributed by atoms with Gasteiger partial charge in [-0.2, -0.15) is 0 Å². The maximum Gasteiger partial charge on any atom is 0.159 e. The van der Waals surface area contributed by atoms with Gasteiger partial charge in [-0.3, -0.25) is 4.79 Å². The van der Waals surface area contributed by atoms with Gasteiger partial charge in [-0.25, -0.2) is 0 Å². The Kier molecular flexibility index (Phi) is 4.47. The first-order valence-electron chi connectivity index (χ1n) is 7.00. The topological polar surface area (TPSA) is 46.5 Å². The quantitative estimate of drug-likeness (QED) is 0.777. The van der Waals surface area contributed by atoms with Crippen LogP contribution in [0.25, 0.3) is 0 Å². The lowest BCUT2D eigenvalue weighted by atomic mass is 9.86. The van der Waals surface area contributed by atoms with E-state index in [0.29, 0.717) is 22.1 Å². The number of carbonyl (C=O) groups excluding carboxylic acids is 1. The van der Waals surface area contributed by atoms with Gasteiger partial charge in [0.2, 0.25) is 0 Å². The number of hydrogen-bond acceptors (Lipinski definition) is 3. The Bertz CT molecular complexity index is 715. The Morgan fingerprint density at radius 1 is 1.14 bits per heavy atom. The summed E-state index contributed by atoms with van der Waals surface area (Å²) in [6, 6.07) is 10.0. The molecule has 2 rings (SSSR count). The minimum atomic E-state index is -0.203. The summed E-state index contributed by atoms with van der Waals surface area (Å²) in [5.74, 6) is 1.24. The van der Waals surface area contributed by atoms with Gasteiger partial charge < -0.3 is 9.84 Å². The van der Waals surface area contributed by atoms with E-state index in [1.807, 2.05) is 20.8 Å². The summed E-state index contributed by atoms with van der Waals surface area (Å²) >= 11 is 6.16. The number of halogens is 1. The van der Waals surface area contributed by atoms with Gasteiger partial charge in [0.1, 0.15) is 17.2 Å². The molecule has 0 saturated heterocycles. The standard InChI is InChI=1S/C18H19ClO3/c1-11(20)12-5-8-17(15(19)9-12)22-13-6-7-16(21)14(10-13)18(2,3)4/h5-10,21H,1-4H3. The molecule has 0 saturated carbocycles. The fraction of sp³-hybridized carbons (Fsp3) is 0.278. The highest BCUT2D eigenvalue weighted by Crippen LogP contribution is 2.36. The molecule has 0 radical (unpaired) electrons. The van der Waals surface area contributed by atoms with Gasteiger partial charge in [-0.05, 0) is 48.7 Å². The van der Waals surface area contributed by atoms with Crippen LogP contribution in [0.4, 0.5) is 0 Å². The number of aromatic hydroxyl groups is 1. The van der Waals surface area contributed by atoms with Gasteiger partial charge in [0, 0.05) is 11.1 Å². The summed E-state index contributed by atoms with van der Waals surface area (Å²) < 4.78 is 5.78. The summed E-state index contributed by atoms with van der Waals surface area (Å²) in [7, 11) is 0. The van der Waals surface area contributed by atoms with Gasteiger partial charge in [0.05, 0.1) is 5.02 Å². The highest BCUT2D eigenvalue weighted by atomic mass is 35.5. The molecule has 0 spiro atoms. The lowest BCUT2D eigenvalue weighted by Gasteiger charge is -2.21. The molecule has 0 aromatic heterocycles. The minimum absolute atomic E-state index is 0.0481. The number of phenolic OH excluding ortho intramolecular Hbond substituents is 1. The average Bonchev–Trinajstić information content (AvgIpc) is 2.41. The summed E-state index contributed by atoms with van der Waals surface area (Å²) in [4.78, 5) is 11.3. The van der Waals surface area contributed by atoms with Crippen molar-refractivity contribution in [2.24, 2.45) is 0 Å². The second-order valence-electron chi connectivity index (χ2n) is 6.23. The molecule has 0 unspecified atom stereocenters. The van der Waals surface area contributed by atoms with Crippen LogP contribution in [-0.4, -0.2) is 10.9 Å². The number of hydrogen-bond donors (Lipinski definition) is 1. The number of carbonyl (C=O) groups is 1. The molecule has 0 bridgehead atoms. The first-order chi connectivity index (χ1) is 10.2. The largest absolute Gasteiger partial charge is 0.508 e. The Balaban J connectivity index is 2.34. The van der Waals surface area contributed by atoms with Crippen molar-refractivity contribution in [1.82, 2.24) is 0 Å². The molecule has 3 nitrogen and oxygen atoms in total. The predicted molar refractivity (Wildman–Crippen MR) is 88.3 cm³/mol. The molecule has 116 valence electrons. The Morgan fingerprint density at radius 2 is 1.82 bits per heavy atom. The van der Waals surface area contributed by atoms with Crippen LogP contribution < -0.4 is 4.74 Å². The van der Waals surface area contributed by atoms with E-state index >= 15 is 0 Å². The van der Waals surface area contributed by atoms with Gasteiger partial charge in [-0.15, -0.1) is 0 Å². The highest BCUT2D eigenvalue weighted by Gasteiger charge is 2.19. The summed E-state index contributed by atoms with van der Waals surface area (Å²) in [6.07, 6.45) is 0. The van der Waals surface area contributed by atoms with Crippen LogP contribution in [0.15, 0.2) is 36.4 Å². The van der Waals surface area contributed by atoms with Crippen molar-refractivity contribution in [1.29, 1.82) is 0 Å². The maximum atomic E-state index is 11.3. The number of benzene rings is 2. The number of Topliss-reactive ketones (excluding diaryl/α,β-unsaturated/α-hetero) is 1. The van der Waals surface area contributed by atoms with E-state index in [9.17, 15) is 9.90 Å². The van der Waals surface area contributed by atoms with Gasteiger partial charge in [0.15, 0.2) is 5.78 Å². The minimum Gasteiger partial charge on any atom is -0.508 e. The third-order valence-corrected chi connectivity index (χ3v) is 3.64. The number of ether oxygens (including phenoxy) is 1. The second kappa shape index (κ2) is 6.01. The van der Waals surface area contributed by atoms with Crippen molar-refractivity contribution in [3.8, 4) is 17.2 Å². The fourth-order valence-electron chi connectivity index (χ4n) is 2.11. The van der Waals surface area contributed by atoms with Crippen molar-refractivity contribution in [2.45, 2.75) is 33.1 Å². The molecule has 2 aromatic rings. The zero-order valence-electron chi connectivity index (χ0n) is 13.1. The van der Waals surface area contributed by atoms with Crippen molar-refractivity contribution in [3.05, 3.63) is 52.5 Å². The van der Waals surface area contributed by atoms with Crippen molar-refractivity contribution in [2.75, 3.05) is 0 Å². The highest BCUT2D eigenvalue weighted by molar-refractivity contribution is 6.32. The molecule has 0 fully saturated rings. The molecule has 0 aliphatic carbocycles. The molecule has 22 heavy (non-hydrogen) atoms. The van der Waals surface area contributed by atoms with Crippen molar-refractivity contribution >= 4 is 17.4 Å². The third kappa shape index (κ3) is 3.60. The van der Waals surface area contributed by atoms with Crippen molar-refractivity contribution in [3.63, 3.8) is 0 Å². The zero-order chi connectivity index (χ0) is 16.5. The Hall–Kier alpha value is -2.00. The average molecular weight is 319 g/mol. The van der Waals surface area contributed by atoms with Gasteiger partial charge in [0.25, 0.3) is 0 Å². The first-order valence-corrected chi connectivity index (χ1v) is 7.38. The summed E-state index contributed by atoms with van der Waals surface area (Å²) in [5.41, 5.74) is 1.13. The first kappa shape index (κ1) is 16.4. The van der Waals surface area contributed by atoms with E-state index in [1.165, 1.54) is 6.92 Å². The third-order valence-electron chi connectivity index (χ3n) is 3.34. The molecule has 1 N–H and O–H groups in total. The van der Waals surface area contributed by atoms with Crippen LogP contribution in [0, 0.1) is 0 Å². The molecular weight excluding hydrogens is 300 g/mol. The molecule has 0 amide bonds. The number of phenols is 1. The van der Waals surface area contributed by atoms with Crippen LogP contribution >= 0.6 is 11.6 Å². The van der Waals surface area contributed by atoms with E-state index in [1.54, 1.807) is 36.4 Å². The van der Waals surface area contributed by atoms with E-state index in [2.05, 4.69) is 0 Å². The molecule has 0 heterocycles. The van der Waals surface area contributed by atoms with E-state index in [-0.39, 0.29) is 16.9 Å². The van der Waals surface area contributed by atoms with Crippen LogP contribution in [0.5, 0.6) is 17.2 Å². The van der Waals surface area contributed by atoms with Gasteiger partial charge >= 0.3 is 0 Å². The SMILES string of the molecule is CC(=O)c1ccc(Oc2ccc(O)c(C(C)(C)C)c2)c(Cl)c1. The van der Waals surface area contributed by atoms with E-state index in [4.69, 9.17) is 16.3 Å². The van der Waals surface area contributed by atoms with Crippen LogP contribution in [0.2, 0.25) is 5.02 Å². The lowest BCUT2D eigenvalue weighted by Crippen LogP contribution is -2.11. The lowest BCUT2D eigenvalue weighted by molar-refractivity contribution is 0.101. The summed E-state index contributed by atoms with van der Waals surface area (Å²) in [5, 5.41) is 10.3. The normalized spacial score (nSPS) is 11.3. The Morgan fingerprint density at radius 3 is 2.36 bits per heavy atom. The molecule has 0 atom stereocenters. The van der Waals surface area contributed by atoms with Crippen molar-refractivity contribution < 1.29 is 14.6 Å². The summed E-state index contributed by atoms with van der Waals surface area (Å²) in [6.45, 7) is 7.53. The predicted octanol–water partition coefficient (Wildman–Crippen LogP) is 5.34. The molecule has 0 aliphatic heterocycles. The van der Waals surface area contributed by atoms with E-state index < -0.39 is 0 Å². The molecule has 0 aliphatic rings. The van der Waals surface area contributed by atoms with E-state index in [0.717, 1.165) is 5.56 Å². The molecular formula is C18H19ClO3. The smallest absolute Gasteiger partial charge is 0.159 e. The number of ketones is 1. The van der Waals surface area contributed by atoms with Crippen LogP contribution in [0.3, 0.4) is 0 Å². The molecule has 2 aromatic carbocycles. The van der Waals surface area contributed by atoms with Gasteiger partial charge in [-0.1, -0.05) is 32.4 Å². The maximum absolute atomic E-state index is 11.3. The van der Waals surface area contributed by atoms with Crippen LogP contribution in [0.1, 0.15) is 43.6 Å². The molecule has 4 heteroatoms. The second-order valence-corrected chi connectivity index (χ2v) is 6.64. The number of rotatable bonds is 3. The fourth-order valence-corrected chi connectivity index (χ4v) is 2.33.